The van der Waals surface area contributed by atoms with Gasteiger partial charge in [-0.1, -0.05) is 19.1 Å². The first-order valence-electron chi connectivity index (χ1n) is 12.0. The van der Waals surface area contributed by atoms with Gasteiger partial charge < -0.3 is 29.1 Å². The molecule has 1 atom stereocenters. The van der Waals surface area contributed by atoms with Crippen molar-refractivity contribution in [2.24, 2.45) is 0 Å². The summed E-state index contributed by atoms with van der Waals surface area (Å²) in [5, 5.41) is 11.3. The maximum absolute atomic E-state index is 13.2. The Morgan fingerprint density at radius 2 is 1.80 bits per heavy atom. The molecule has 2 aromatic carbocycles. The van der Waals surface area contributed by atoms with E-state index in [1.165, 1.54) is 0 Å². The minimum Gasteiger partial charge on any atom is -0.507 e. The van der Waals surface area contributed by atoms with E-state index in [4.69, 9.17) is 14.2 Å². The molecule has 1 fully saturated rings. The number of likely N-dealkylation sites (tertiary alicyclic amines) is 1. The van der Waals surface area contributed by atoms with Crippen molar-refractivity contribution in [2.75, 3.05) is 47.0 Å². The molecule has 0 bridgehead atoms. The van der Waals surface area contributed by atoms with Gasteiger partial charge in [0.25, 0.3) is 11.7 Å². The highest BCUT2D eigenvalue weighted by Crippen LogP contribution is 2.41. The Labute approximate surface area is 205 Å². The van der Waals surface area contributed by atoms with E-state index in [2.05, 4.69) is 0 Å². The van der Waals surface area contributed by atoms with Crippen molar-refractivity contribution in [2.45, 2.75) is 25.8 Å². The summed E-state index contributed by atoms with van der Waals surface area (Å²) >= 11 is 0. The number of hydrogen-bond acceptors (Lipinski definition) is 7. The molecule has 1 N–H and O–H groups in total. The van der Waals surface area contributed by atoms with Crippen molar-refractivity contribution >= 4 is 17.4 Å². The molecule has 8 nitrogen and oxygen atoms in total. The fraction of sp³-hybridized carbons (Fsp3) is 0.407. The van der Waals surface area contributed by atoms with Crippen molar-refractivity contribution in [1.82, 2.24) is 9.80 Å². The topological polar surface area (TPSA) is 88.5 Å². The van der Waals surface area contributed by atoms with Gasteiger partial charge in [0.05, 0.1) is 18.2 Å². The molecular formula is C27H32N2O6. The first-order chi connectivity index (χ1) is 16.9. The molecule has 4 rings (SSSR count). The lowest BCUT2D eigenvalue weighted by atomic mass is 9.95. The highest BCUT2D eigenvalue weighted by atomic mass is 16.6. The average Bonchev–Trinajstić information content (AvgIpc) is 3.12. The number of ketones is 1. The van der Waals surface area contributed by atoms with Gasteiger partial charge in [0.15, 0.2) is 11.5 Å². The molecule has 0 saturated carbocycles. The number of benzene rings is 2. The molecule has 8 heteroatoms. The third-order valence-electron chi connectivity index (χ3n) is 6.03. The molecule has 2 heterocycles. The minimum atomic E-state index is -0.703. The third kappa shape index (κ3) is 5.27. The second-order valence-electron chi connectivity index (χ2n) is 8.93. The van der Waals surface area contributed by atoms with Gasteiger partial charge >= 0.3 is 0 Å². The molecule has 0 aliphatic carbocycles. The number of amides is 1. The van der Waals surface area contributed by atoms with Crippen molar-refractivity contribution in [3.05, 3.63) is 59.2 Å². The lowest BCUT2D eigenvalue weighted by Crippen LogP contribution is -2.32. The maximum atomic E-state index is 13.2. The van der Waals surface area contributed by atoms with Crippen molar-refractivity contribution < 1.29 is 28.9 Å². The molecule has 2 aromatic rings. The maximum Gasteiger partial charge on any atom is 0.295 e. The van der Waals surface area contributed by atoms with Gasteiger partial charge in [-0.15, -0.1) is 0 Å². The number of carbonyl (C=O) groups is 2. The summed E-state index contributed by atoms with van der Waals surface area (Å²) < 4.78 is 16.9. The van der Waals surface area contributed by atoms with E-state index in [-0.39, 0.29) is 11.3 Å². The standard InChI is InChI=1S/C27H32N2O6/c1-4-14-33-20-9-6-18(7-10-20)24-23(26(31)27(32)29(24)13-5-12-28(2)3)25(30)19-8-11-21-22(17-19)35-16-15-34-21/h6-11,17,24,30H,4-5,12-16H2,1-3H3/b25-23+/t24-/m1/s1. The van der Waals surface area contributed by atoms with Gasteiger partial charge in [-0.25, -0.2) is 0 Å². The van der Waals surface area contributed by atoms with Crippen LogP contribution in [0.25, 0.3) is 5.76 Å². The highest BCUT2D eigenvalue weighted by Gasteiger charge is 2.45. The minimum absolute atomic E-state index is 0.0683. The first-order valence-corrected chi connectivity index (χ1v) is 12.0. The number of rotatable bonds is 9. The predicted molar refractivity (Wildman–Crippen MR) is 132 cm³/mol. The molecule has 35 heavy (non-hydrogen) atoms. The normalized spacial score (nSPS) is 18.9. The van der Waals surface area contributed by atoms with E-state index in [1.54, 1.807) is 23.1 Å². The SMILES string of the molecule is CCCOc1ccc([C@@H]2/C(=C(\O)c3ccc4c(c3)OCCO4)C(=O)C(=O)N2CCCN(C)C)cc1. The summed E-state index contributed by atoms with van der Waals surface area (Å²) in [5.41, 5.74) is 1.20. The quantitative estimate of drug-likeness (QED) is 0.333. The number of aliphatic hydroxyl groups is 1. The molecule has 2 aliphatic rings. The molecular weight excluding hydrogens is 448 g/mol. The first kappa shape index (κ1) is 24.6. The molecule has 0 spiro atoms. The Hall–Kier alpha value is -3.52. The monoisotopic (exact) mass is 480 g/mol. The van der Waals surface area contributed by atoms with Crippen LogP contribution in [0.3, 0.4) is 0 Å². The van der Waals surface area contributed by atoms with Crippen LogP contribution in [0, 0.1) is 0 Å². The number of nitrogens with zero attached hydrogens (tertiary/aromatic N) is 2. The molecule has 186 valence electrons. The van der Waals surface area contributed by atoms with Crippen LogP contribution in [-0.4, -0.2) is 73.6 Å². The Morgan fingerprint density at radius 3 is 2.49 bits per heavy atom. The number of hydrogen-bond donors (Lipinski definition) is 1. The number of fused-ring (bicyclic) bond motifs is 1. The summed E-state index contributed by atoms with van der Waals surface area (Å²) in [6.45, 7) is 4.65. The van der Waals surface area contributed by atoms with E-state index >= 15 is 0 Å². The number of ether oxygens (including phenoxy) is 3. The summed E-state index contributed by atoms with van der Waals surface area (Å²) in [6, 6.07) is 11.7. The zero-order valence-electron chi connectivity index (χ0n) is 20.5. The fourth-order valence-corrected chi connectivity index (χ4v) is 4.33. The van der Waals surface area contributed by atoms with Crippen molar-refractivity contribution in [3.63, 3.8) is 0 Å². The lowest BCUT2D eigenvalue weighted by Gasteiger charge is -2.26. The second kappa shape index (κ2) is 10.8. The van der Waals surface area contributed by atoms with E-state index < -0.39 is 17.7 Å². The van der Waals surface area contributed by atoms with Crippen LogP contribution < -0.4 is 14.2 Å². The fourth-order valence-electron chi connectivity index (χ4n) is 4.33. The van der Waals surface area contributed by atoms with Crippen LogP contribution in [0.5, 0.6) is 17.2 Å². The van der Waals surface area contributed by atoms with E-state index in [0.29, 0.717) is 55.6 Å². The molecule has 0 aromatic heterocycles. The lowest BCUT2D eigenvalue weighted by molar-refractivity contribution is -0.139. The zero-order chi connectivity index (χ0) is 24.9. The number of carbonyl (C=O) groups excluding carboxylic acids is 2. The van der Waals surface area contributed by atoms with Crippen LogP contribution in [0.1, 0.15) is 36.9 Å². The molecule has 0 radical (unpaired) electrons. The van der Waals surface area contributed by atoms with Gasteiger partial charge in [-0.3, -0.25) is 9.59 Å². The number of Topliss-reactive ketones (excluding diaryl/α,β-unsaturated/α-hetero) is 1. The molecule has 2 aliphatic heterocycles. The zero-order valence-corrected chi connectivity index (χ0v) is 20.5. The summed E-state index contributed by atoms with van der Waals surface area (Å²) in [5.74, 6) is 0.252. The third-order valence-corrected chi connectivity index (χ3v) is 6.03. The average molecular weight is 481 g/mol. The smallest absolute Gasteiger partial charge is 0.295 e. The summed E-state index contributed by atoms with van der Waals surface area (Å²) in [7, 11) is 3.92. The molecule has 1 amide bonds. The Bertz CT molecular complexity index is 1110. The van der Waals surface area contributed by atoms with Crippen LogP contribution in [0.4, 0.5) is 0 Å². The van der Waals surface area contributed by atoms with Crippen molar-refractivity contribution in [1.29, 1.82) is 0 Å². The van der Waals surface area contributed by atoms with Crippen LogP contribution in [0.15, 0.2) is 48.0 Å². The number of aliphatic hydroxyl groups excluding tert-OH is 1. The summed E-state index contributed by atoms with van der Waals surface area (Å²) in [6.07, 6.45) is 1.58. The van der Waals surface area contributed by atoms with Crippen LogP contribution >= 0.6 is 0 Å². The van der Waals surface area contributed by atoms with Gasteiger partial charge in [0.1, 0.15) is 24.7 Å². The Kier molecular flexibility index (Phi) is 7.60. The van der Waals surface area contributed by atoms with Gasteiger partial charge in [0.2, 0.25) is 0 Å². The van der Waals surface area contributed by atoms with Gasteiger partial charge in [-0.05, 0) is 69.4 Å². The van der Waals surface area contributed by atoms with Gasteiger partial charge in [0, 0.05) is 12.1 Å². The van der Waals surface area contributed by atoms with Crippen molar-refractivity contribution in [3.8, 4) is 17.2 Å². The molecule has 1 saturated heterocycles. The van der Waals surface area contributed by atoms with Crippen LogP contribution in [-0.2, 0) is 9.59 Å². The van der Waals surface area contributed by atoms with E-state index in [0.717, 1.165) is 18.5 Å². The molecule has 0 unspecified atom stereocenters. The van der Waals surface area contributed by atoms with Crippen LogP contribution in [0.2, 0.25) is 0 Å². The Balaban J connectivity index is 1.74. The summed E-state index contributed by atoms with van der Waals surface area (Å²) in [4.78, 5) is 29.9. The van der Waals surface area contributed by atoms with E-state index in [1.807, 2.05) is 50.2 Å². The van der Waals surface area contributed by atoms with E-state index in [9.17, 15) is 14.7 Å². The Morgan fingerprint density at radius 1 is 1.09 bits per heavy atom. The second-order valence-corrected chi connectivity index (χ2v) is 8.93. The largest absolute Gasteiger partial charge is 0.507 e. The highest BCUT2D eigenvalue weighted by molar-refractivity contribution is 6.46. The van der Waals surface area contributed by atoms with Gasteiger partial charge in [-0.2, -0.15) is 0 Å². The predicted octanol–water partition coefficient (Wildman–Crippen LogP) is 3.62.